The predicted molar refractivity (Wildman–Crippen MR) is 55.5 cm³/mol. The molecule has 0 spiro atoms. The third-order valence-electron chi connectivity index (χ3n) is 2.00. The molecule has 0 fully saturated rings. The Morgan fingerprint density at radius 3 is 2.40 bits per heavy atom. The van der Waals surface area contributed by atoms with Crippen molar-refractivity contribution in [1.29, 1.82) is 0 Å². The molecule has 0 saturated heterocycles. The van der Waals surface area contributed by atoms with Gasteiger partial charge in [-0.2, -0.15) is 0 Å². The molecule has 6 heteroatoms. The average molecular weight is 304 g/mol. The van der Waals surface area contributed by atoms with Gasteiger partial charge in [-0.3, -0.25) is 9.59 Å². The minimum Gasteiger partial charge on any atom is -0.481 e. The molecule has 0 amide bonds. The number of carboxylic acids is 1. The first-order chi connectivity index (χ1) is 6.52. The summed E-state index contributed by atoms with van der Waals surface area (Å²) in [5.74, 6) is -1.89. The van der Waals surface area contributed by atoms with Gasteiger partial charge < -0.3 is 5.11 Å². The quantitative estimate of drug-likeness (QED) is 0.597. The number of carboxylic acid groups (broad SMARTS) is 1. The van der Waals surface area contributed by atoms with Crippen molar-refractivity contribution in [3.8, 4) is 0 Å². The summed E-state index contributed by atoms with van der Waals surface area (Å²) in [6, 6.07) is -0.500. The Hall–Kier alpha value is 0.0439. The van der Waals surface area contributed by atoms with Gasteiger partial charge in [-0.1, -0.05) is 6.92 Å². The largest absolute Gasteiger partial charge is 0.481 e. The van der Waals surface area contributed by atoms with Crippen LogP contribution >= 0.6 is 12.2 Å². The van der Waals surface area contributed by atoms with Gasteiger partial charge in [0.25, 0.3) is 0 Å². The van der Waals surface area contributed by atoms with Gasteiger partial charge in [0.15, 0.2) is 0 Å². The van der Waals surface area contributed by atoms with Crippen LogP contribution in [-0.4, -0.2) is 28.1 Å². The van der Waals surface area contributed by atoms with E-state index < -0.39 is 17.9 Å². The number of nitrogens with zero attached hydrogens (tertiary/aromatic N) is 1. The summed E-state index contributed by atoms with van der Waals surface area (Å²) >= 11 is 4.38. The minimum atomic E-state index is -1.02. The Morgan fingerprint density at radius 1 is 1.53 bits per heavy atom. The van der Waals surface area contributed by atoms with E-state index in [0.717, 1.165) is 0 Å². The Kier molecular flexibility index (Phi) is 10.8. The van der Waals surface area contributed by atoms with Crippen molar-refractivity contribution in [3.05, 3.63) is 0 Å². The zero-order valence-electron chi connectivity index (χ0n) is 8.77. The third-order valence-corrected chi connectivity index (χ3v) is 2.10. The monoisotopic (exact) mass is 304 g/mol. The molecular formula is C9H13NO3SY. The molecule has 0 aliphatic heterocycles. The number of thiocarbonyl (C=S) groups is 1. The number of aliphatic imine (C=N–C) groups is 1. The summed E-state index contributed by atoms with van der Waals surface area (Å²) in [6.07, 6.45) is 0.352. The fourth-order valence-corrected chi connectivity index (χ4v) is 1.19. The molecule has 0 aliphatic rings. The number of isothiocyanates is 1. The number of carbonyl (C=O) groups is 2. The molecule has 0 aromatic heterocycles. The van der Waals surface area contributed by atoms with Crippen molar-refractivity contribution in [2.75, 3.05) is 0 Å². The van der Waals surface area contributed by atoms with Gasteiger partial charge in [-0.25, -0.2) is 4.99 Å². The summed E-state index contributed by atoms with van der Waals surface area (Å²) in [7, 11) is 0. The van der Waals surface area contributed by atoms with Gasteiger partial charge in [0.1, 0.15) is 5.78 Å². The number of aliphatic carboxylic acids is 1. The van der Waals surface area contributed by atoms with E-state index in [1.165, 1.54) is 0 Å². The average Bonchev–Trinajstić information content (AvgIpc) is 2.13. The van der Waals surface area contributed by atoms with E-state index in [1.54, 1.807) is 13.8 Å². The van der Waals surface area contributed by atoms with Crippen LogP contribution in [0.1, 0.15) is 26.7 Å². The molecule has 0 aromatic carbocycles. The van der Waals surface area contributed by atoms with Crippen molar-refractivity contribution < 1.29 is 47.4 Å². The molecule has 0 bridgehead atoms. The number of carbonyl (C=O) groups excluding carboxylic acids is 1. The van der Waals surface area contributed by atoms with Crippen LogP contribution in [-0.2, 0) is 42.3 Å². The standard InChI is InChI=1S/C9H13NO3S.Y/c1-3-7(11)4-8(9(12)13)6(2)10-5-14;/h6,8H,3-4H2,1-2H3,(H,12,13);. The second-order valence-electron chi connectivity index (χ2n) is 3.00. The van der Waals surface area contributed by atoms with Gasteiger partial charge in [-0.15, -0.1) is 0 Å². The Morgan fingerprint density at radius 2 is 2.07 bits per heavy atom. The maximum atomic E-state index is 11.1. The first-order valence-corrected chi connectivity index (χ1v) is 4.75. The van der Waals surface area contributed by atoms with Crippen LogP contribution in [0.3, 0.4) is 0 Å². The second kappa shape index (κ2) is 9.28. The van der Waals surface area contributed by atoms with Gasteiger partial charge in [-0.05, 0) is 19.1 Å². The molecule has 0 heterocycles. The summed E-state index contributed by atoms with van der Waals surface area (Å²) in [5, 5.41) is 11.0. The third kappa shape index (κ3) is 7.01. The number of rotatable bonds is 6. The van der Waals surface area contributed by atoms with Crippen LogP contribution in [0.15, 0.2) is 4.99 Å². The second-order valence-corrected chi connectivity index (χ2v) is 3.18. The van der Waals surface area contributed by atoms with E-state index in [-0.39, 0.29) is 44.9 Å². The van der Waals surface area contributed by atoms with Crippen molar-refractivity contribution >= 4 is 29.1 Å². The molecule has 15 heavy (non-hydrogen) atoms. The molecule has 4 nitrogen and oxygen atoms in total. The maximum absolute atomic E-state index is 11.1. The fraction of sp³-hybridized carbons (Fsp3) is 0.667. The van der Waals surface area contributed by atoms with Crippen LogP contribution < -0.4 is 0 Å². The molecule has 0 aromatic rings. The van der Waals surface area contributed by atoms with Gasteiger partial charge >= 0.3 is 5.97 Å². The molecular weight excluding hydrogens is 291 g/mol. The molecule has 0 saturated carbocycles. The number of Topliss-reactive ketones (excluding diaryl/α,β-unsaturated/α-hetero) is 1. The zero-order valence-corrected chi connectivity index (χ0v) is 12.4. The molecule has 1 radical (unpaired) electrons. The van der Waals surface area contributed by atoms with Gasteiger partial charge in [0, 0.05) is 45.6 Å². The predicted octanol–water partition coefficient (Wildman–Crippen LogP) is 1.55. The van der Waals surface area contributed by atoms with E-state index >= 15 is 0 Å². The Balaban J connectivity index is 0. The Bertz CT molecular complexity index is 277. The number of hydrogen-bond acceptors (Lipinski definition) is 4. The molecule has 1 N–H and O–H groups in total. The molecule has 0 aliphatic carbocycles. The maximum Gasteiger partial charge on any atom is 0.309 e. The first-order valence-electron chi connectivity index (χ1n) is 4.34. The SMILES string of the molecule is CCC(=O)CC(C(=O)O)C(C)N=C=S.[Y]. The molecule has 0 rings (SSSR count). The molecule has 81 valence electrons. The summed E-state index contributed by atoms with van der Waals surface area (Å²) in [5.41, 5.74) is 0. The van der Waals surface area contributed by atoms with Gasteiger partial charge in [0.2, 0.25) is 0 Å². The molecule has 2 atom stereocenters. The van der Waals surface area contributed by atoms with Crippen molar-refractivity contribution in [3.63, 3.8) is 0 Å². The van der Waals surface area contributed by atoms with Crippen molar-refractivity contribution in [2.45, 2.75) is 32.7 Å². The summed E-state index contributed by atoms with van der Waals surface area (Å²) < 4.78 is 0. The van der Waals surface area contributed by atoms with Gasteiger partial charge in [0.05, 0.1) is 17.1 Å². The van der Waals surface area contributed by atoms with Crippen LogP contribution in [0, 0.1) is 5.92 Å². The van der Waals surface area contributed by atoms with E-state index in [2.05, 4.69) is 22.4 Å². The normalized spacial score (nSPS) is 12.9. The van der Waals surface area contributed by atoms with Crippen LogP contribution in [0.5, 0.6) is 0 Å². The van der Waals surface area contributed by atoms with E-state index in [9.17, 15) is 9.59 Å². The van der Waals surface area contributed by atoms with E-state index in [0.29, 0.717) is 6.42 Å². The zero-order chi connectivity index (χ0) is 11.1. The topological polar surface area (TPSA) is 66.7 Å². The summed E-state index contributed by atoms with van der Waals surface area (Å²) in [4.78, 5) is 25.5. The first kappa shape index (κ1) is 17.4. The van der Waals surface area contributed by atoms with Crippen LogP contribution in [0.4, 0.5) is 0 Å². The summed E-state index contributed by atoms with van der Waals surface area (Å²) in [6.45, 7) is 3.31. The smallest absolute Gasteiger partial charge is 0.309 e. The van der Waals surface area contributed by atoms with E-state index in [1.807, 2.05) is 0 Å². The number of hydrogen-bond donors (Lipinski definition) is 1. The van der Waals surface area contributed by atoms with E-state index in [4.69, 9.17) is 5.11 Å². The number of ketones is 1. The Labute approximate surface area is 119 Å². The fourth-order valence-electron chi connectivity index (χ4n) is 1.03. The minimum absolute atomic E-state index is 0. The molecule has 2 unspecified atom stereocenters. The van der Waals surface area contributed by atoms with Crippen molar-refractivity contribution in [2.24, 2.45) is 10.9 Å². The van der Waals surface area contributed by atoms with Crippen LogP contribution in [0.2, 0.25) is 0 Å². The van der Waals surface area contributed by atoms with Crippen molar-refractivity contribution in [1.82, 2.24) is 0 Å². The van der Waals surface area contributed by atoms with Crippen LogP contribution in [0.25, 0.3) is 0 Å².